The monoisotopic (exact) mass is 1180 g/mol. The Kier molecular flexibility index (Phi) is 17.7. The van der Waals surface area contributed by atoms with E-state index in [0.29, 0.717) is 59.9 Å². The summed E-state index contributed by atoms with van der Waals surface area (Å²) in [5.74, 6) is 3.27. The Labute approximate surface area is 515 Å². The minimum Gasteiger partial charge on any atom is -0.364 e. The second-order valence-corrected chi connectivity index (χ2v) is 20.0. The molecule has 0 aliphatic carbocycles. The molecule has 0 bridgehead atoms. The van der Waals surface area contributed by atoms with Crippen LogP contribution >= 0.6 is 11.6 Å². The van der Waals surface area contributed by atoms with Gasteiger partial charge in [0.05, 0.1) is 80.6 Å². The molecule has 0 aliphatic rings. The quantitative estimate of drug-likeness (QED) is 0.0856. The summed E-state index contributed by atoms with van der Waals surface area (Å²) in [7, 11) is 0. The van der Waals surface area contributed by atoms with Gasteiger partial charge in [-0.05, 0) is 99.6 Å². The summed E-state index contributed by atoms with van der Waals surface area (Å²) in [5.41, 5.74) is 12.8. The van der Waals surface area contributed by atoms with Gasteiger partial charge in [0.15, 0.2) is 11.6 Å². The average molecular weight is 1180 g/mol. The molecule has 18 nitrogen and oxygen atoms in total. The summed E-state index contributed by atoms with van der Waals surface area (Å²) in [6, 6.07) is 69.8. The number of hydrogen-bond donors (Lipinski definition) is 3. The van der Waals surface area contributed by atoms with Gasteiger partial charge in [0.1, 0.15) is 29.6 Å². The standard InChI is InChI=1S/2C25H17N7.C20H15ClN4/c2*26-13-22-28-14-18(15-29-22)24-31-21-11-6-10-20(17-7-2-1-3-8-17)23(21)25(32-24)30-16-19-9-4-5-12-27-19;21-20-24-17-11-6-10-16(14-7-2-1-3-8-14)18(17)19(25-20)23-13-15-9-4-5-12-22-15/h2*1-12,14-15H,16H2,(H,30,31,32);1-12H,13H2,(H,23,24,25). The predicted molar refractivity (Wildman–Crippen MR) is 346 cm³/mol. The fourth-order valence-electron chi connectivity index (χ4n) is 9.77. The molecular formula is C70H49ClN18. The van der Waals surface area contributed by atoms with Gasteiger partial charge in [-0.25, -0.2) is 49.8 Å². The fraction of sp³-hybridized carbons (Fsp3) is 0.0429. The van der Waals surface area contributed by atoms with Crippen molar-refractivity contribution in [3.63, 3.8) is 0 Å². The number of nitrogens with zero attached hydrogens (tertiary/aromatic N) is 15. The van der Waals surface area contributed by atoms with E-state index in [0.717, 1.165) is 83.2 Å². The van der Waals surface area contributed by atoms with Crippen LogP contribution in [0.1, 0.15) is 28.7 Å². The zero-order valence-electron chi connectivity index (χ0n) is 47.3. The second-order valence-electron chi connectivity index (χ2n) is 19.7. The third-order valence-corrected chi connectivity index (χ3v) is 14.1. The molecule has 89 heavy (non-hydrogen) atoms. The van der Waals surface area contributed by atoms with Gasteiger partial charge in [0.2, 0.25) is 16.9 Å². The smallest absolute Gasteiger partial charge is 0.232 e. The van der Waals surface area contributed by atoms with E-state index in [1.807, 2.05) is 158 Å². The molecule has 8 heterocycles. The van der Waals surface area contributed by atoms with E-state index in [9.17, 15) is 0 Å². The number of hydrogen-bond acceptors (Lipinski definition) is 18. The van der Waals surface area contributed by atoms with Crippen LogP contribution in [0.25, 0.3) is 88.9 Å². The SMILES string of the molecule is Clc1nc(NCc2ccccn2)c2c(-c3ccccc3)cccc2n1.N#Cc1ncc(-c2nc(NCc3ccccn3)c3c(-c4ccccc4)cccc3n2)cn1.N#Cc1ncc(-c2nc(NCc3ccccn3)c3c(-c4ccccc4)cccc3n2)cn1. The van der Waals surface area contributed by atoms with Crippen molar-refractivity contribution in [1.82, 2.24) is 64.8 Å². The molecule has 0 spiro atoms. The molecule has 0 aliphatic heterocycles. The Balaban J connectivity index is 0.000000131. The van der Waals surface area contributed by atoms with Gasteiger partial charge in [-0.3, -0.25) is 15.0 Å². The summed E-state index contributed by atoms with van der Waals surface area (Å²) < 4.78 is 0. The van der Waals surface area contributed by atoms with E-state index in [1.165, 1.54) is 0 Å². The Hall–Kier alpha value is -12.4. The van der Waals surface area contributed by atoms with Gasteiger partial charge in [0, 0.05) is 43.4 Å². The summed E-state index contributed by atoms with van der Waals surface area (Å²) in [4.78, 5) is 57.3. The number of aromatic nitrogens is 13. The number of nitrogens with one attached hydrogen (secondary N) is 3. The van der Waals surface area contributed by atoms with Crippen LogP contribution in [0.3, 0.4) is 0 Å². The maximum Gasteiger partial charge on any atom is 0.232 e. The van der Waals surface area contributed by atoms with Crippen molar-refractivity contribution in [1.29, 1.82) is 10.5 Å². The minimum absolute atomic E-state index is 0.106. The van der Waals surface area contributed by atoms with Crippen LogP contribution in [-0.4, -0.2) is 64.8 Å². The molecule has 19 heteroatoms. The molecule has 14 aromatic rings. The molecule has 0 saturated carbocycles. The number of rotatable bonds is 14. The number of pyridine rings is 3. The molecule has 0 radical (unpaired) electrons. The Morgan fingerprint density at radius 2 is 0.640 bits per heavy atom. The lowest BCUT2D eigenvalue weighted by molar-refractivity contribution is 1.03. The van der Waals surface area contributed by atoms with Gasteiger partial charge in [-0.1, -0.05) is 146 Å². The molecule has 0 fully saturated rings. The predicted octanol–water partition coefficient (Wildman–Crippen LogP) is 14.2. The molecule has 8 aromatic heterocycles. The first kappa shape index (κ1) is 57.1. The Bertz CT molecular complexity index is 4570. The summed E-state index contributed by atoms with van der Waals surface area (Å²) in [6.45, 7) is 1.59. The van der Waals surface area contributed by atoms with Crippen LogP contribution in [0, 0.1) is 22.7 Å². The van der Waals surface area contributed by atoms with Crippen LogP contribution in [-0.2, 0) is 19.6 Å². The Morgan fingerprint density at radius 1 is 0.315 bits per heavy atom. The molecule has 0 saturated heterocycles. The van der Waals surface area contributed by atoms with Crippen molar-refractivity contribution in [3.05, 3.63) is 278 Å². The number of benzene rings is 6. The second kappa shape index (κ2) is 27.6. The maximum absolute atomic E-state index is 8.98. The lowest BCUT2D eigenvalue weighted by Gasteiger charge is -2.14. The average Bonchev–Trinajstić information content (AvgIpc) is 2.48. The first-order valence-corrected chi connectivity index (χ1v) is 28.4. The summed E-state index contributed by atoms with van der Waals surface area (Å²) in [6.07, 6.45) is 11.6. The summed E-state index contributed by atoms with van der Waals surface area (Å²) in [5, 5.41) is 31.2. The van der Waals surface area contributed by atoms with Crippen molar-refractivity contribution in [2.75, 3.05) is 16.0 Å². The van der Waals surface area contributed by atoms with Gasteiger partial charge in [0.25, 0.3) is 0 Å². The van der Waals surface area contributed by atoms with E-state index < -0.39 is 0 Å². The highest BCUT2D eigenvalue weighted by molar-refractivity contribution is 6.29. The zero-order chi connectivity index (χ0) is 60.6. The van der Waals surface area contributed by atoms with E-state index in [-0.39, 0.29) is 16.9 Å². The Morgan fingerprint density at radius 3 is 0.966 bits per heavy atom. The minimum atomic E-state index is 0.106. The molecule has 0 unspecified atom stereocenters. The molecule has 14 rings (SSSR count). The third-order valence-electron chi connectivity index (χ3n) is 13.9. The van der Waals surface area contributed by atoms with E-state index >= 15 is 0 Å². The highest BCUT2D eigenvalue weighted by Crippen LogP contribution is 2.37. The lowest BCUT2D eigenvalue weighted by Crippen LogP contribution is -2.06. The lowest BCUT2D eigenvalue weighted by atomic mass is 10.0. The molecule has 0 atom stereocenters. The largest absolute Gasteiger partial charge is 0.364 e. The van der Waals surface area contributed by atoms with Crippen LogP contribution in [0.15, 0.2) is 244 Å². The van der Waals surface area contributed by atoms with Crippen LogP contribution in [0.5, 0.6) is 0 Å². The first-order valence-electron chi connectivity index (χ1n) is 28.0. The molecular weight excluding hydrogens is 1130 g/mol. The highest BCUT2D eigenvalue weighted by atomic mass is 35.5. The van der Waals surface area contributed by atoms with Crippen LogP contribution in [0.2, 0.25) is 5.28 Å². The van der Waals surface area contributed by atoms with Gasteiger partial charge >= 0.3 is 0 Å². The van der Waals surface area contributed by atoms with Gasteiger partial charge in [-0.2, -0.15) is 10.5 Å². The van der Waals surface area contributed by atoms with Crippen molar-refractivity contribution >= 4 is 61.8 Å². The van der Waals surface area contributed by atoms with Gasteiger partial charge in [-0.15, -0.1) is 0 Å². The highest BCUT2D eigenvalue weighted by Gasteiger charge is 2.18. The topological polar surface area (TPSA) is 251 Å². The van der Waals surface area contributed by atoms with Crippen LogP contribution < -0.4 is 16.0 Å². The number of nitriles is 2. The first-order chi connectivity index (χ1) is 43.9. The van der Waals surface area contributed by atoms with Crippen molar-refractivity contribution in [2.24, 2.45) is 0 Å². The van der Waals surface area contributed by atoms with E-state index in [1.54, 1.807) is 43.4 Å². The molecule has 6 aromatic carbocycles. The van der Waals surface area contributed by atoms with E-state index in [4.69, 9.17) is 42.1 Å². The van der Waals surface area contributed by atoms with Gasteiger partial charge < -0.3 is 16.0 Å². The number of anilines is 3. The van der Waals surface area contributed by atoms with E-state index in [2.05, 4.69) is 115 Å². The third kappa shape index (κ3) is 13.8. The number of fused-ring (bicyclic) bond motifs is 3. The zero-order valence-corrected chi connectivity index (χ0v) is 48.1. The summed E-state index contributed by atoms with van der Waals surface area (Å²) >= 11 is 6.13. The number of halogens is 1. The molecule has 0 amide bonds. The van der Waals surface area contributed by atoms with Crippen LogP contribution in [0.4, 0.5) is 17.5 Å². The maximum atomic E-state index is 8.98. The van der Waals surface area contributed by atoms with Crippen molar-refractivity contribution in [2.45, 2.75) is 19.6 Å². The normalized spacial score (nSPS) is 10.6. The molecule has 3 N–H and O–H groups in total. The fourth-order valence-corrected chi connectivity index (χ4v) is 9.95. The van der Waals surface area contributed by atoms with Crippen molar-refractivity contribution < 1.29 is 0 Å². The van der Waals surface area contributed by atoms with Crippen molar-refractivity contribution in [3.8, 4) is 68.3 Å². The molecule has 426 valence electrons.